The molecule has 0 fully saturated rings. The van der Waals surface area contributed by atoms with Crippen LogP contribution >= 0.6 is 0 Å². The normalized spacial score (nSPS) is 14.3. The van der Waals surface area contributed by atoms with Crippen LogP contribution in [0.15, 0.2) is 73.1 Å². The molecule has 0 N–H and O–H groups in total. The zero-order valence-corrected chi connectivity index (χ0v) is 19.8. The summed E-state index contributed by atoms with van der Waals surface area (Å²) in [7, 11) is 0. The van der Waals surface area contributed by atoms with Crippen molar-refractivity contribution in [2.45, 2.75) is 90.0 Å². The molecule has 1 heterocycles. The van der Waals surface area contributed by atoms with Crippen molar-refractivity contribution >= 4 is 0 Å². The summed E-state index contributed by atoms with van der Waals surface area (Å²) in [4.78, 5) is 4.97. The van der Waals surface area contributed by atoms with Crippen molar-refractivity contribution in [1.29, 1.82) is 0 Å². The van der Waals surface area contributed by atoms with Crippen LogP contribution in [0.4, 0.5) is 0 Å². The third-order valence-electron chi connectivity index (χ3n) is 6.77. The molecule has 0 spiro atoms. The maximum atomic E-state index is 4.97. The number of rotatable bonds is 13. The van der Waals surface area contributed by atoms with E-state index in [-0.39, 0.29) is 5.41 Å². The molecule has 0 saturated carbocycles. The molecule has 2 aromatic carbocycles. The summed E-state index contributed by atoms with van der Waals surface area (Å²) in [5.74, 6) is 1.66. The smallest absolute Gasteiger partial charge is 0.112 e. The van der Waals surface area contributed by atoms with Crippen LogP contribution in [0, 0.1) is 0 Å². The number of imidazole rings is 1. The largest absolute Gasteiger partial charge is 0.335 e. The minimum absolute atomic E-state index is 0.00971. The van der Waals surface area contributed by atoms with Crippen LogP contribution in [0.5, 0.6) is 0 Å². The van der Waals surface area contributed by atoms with Crippen molar-refractivity contribution in [2.24, 2.45) is 0 Å². The van der Waals surface area contributed by atoms with Crippen LogP contribution in [0.3, 0.4) is 0 Å². The second-order valence-corrected chi connectivity index (χ2v) is 9.18. The van der Waals surface area contributed by atoms with Gasteiger partial charge in [0.2, 0.25) is 0 Å². The minimum atomic E-state index is -0.00971. The zero-order chi connectivity index (χ0) is 21.9. The number of hydrogen-bond donors (Lipinski definition) is 0. The second-order valence-electron chi connectivity index (χ2n) is 9.18. The van der Waals surface area contributed by atoms with E-state index < -0.39 is 0 Å². The molecule has 0 aliphatic heterocycles. The molecular formula is C29H40N2. The van der Waals surface area contributed by atoms with Gasteiger partial charge in [-0.15, -0.1) is 0 Å². The van der Waals surface area contributed by atoms with Crippen LogP contribution in [0.1, 0.15) is 88.6 Å². The summed E-state index contributed by atoms with van der Waals surface area (Å²) < 4.78 is 2.44. The fourth-order valence-electron chi connectivity index (χ4n) is 4.95. The Morgan fingerprint density at radius 3 is 2.16 bits per heavy atom. The SMILES string of the molecule is CCCCCC(c1nccn1CCCCC)C(C)(Cc1ccccc1)c1ccccc1. The van der Waals surface area contributed by atoms with Gasteiger partial charge in [-0.3, -0.25) is 0 Å². The molecule has 2 unspecified atom stereocenters. The highest BCUT2D eigenvalue weighted by atomic mass is 15.1. The van der Waals surface area contributed by atoms with Crippen LogP contribution in [0.2, 0.25) is 0 Å². The second kappa shape index (κ2) is 11.9. The van der Waals surface area contributed by atoms with E-state index >= 15 is 0 Å². The number of aryl methyl sites for hydroxylation is 1. The maximum absolute atomic E-state index is 4.97. The highest BCUT2D eigenvalue weighted by Crippen LogP contribution is 2.44. The first kappa shape index (κ1) is 23.3. The van der Waals surface area contributed by atoms with E-state index in [1.54, 1.807) is 0 Å². The zero-order valence-electron chi connectivity index (χ0n) is 19.8. The Morgan fingerprint density at radius 1 is 0.839 bits per heavy atom. The lowest BCUT2D eigenvalue weighted by atomic mass is 9.66. The summed E-state index contributed by atoms with van der Waals surface area (Å²) >= 11 is 0. The van der Waals surface area contributed by atoms with Crippen molar-refractivity contribution in [3.05, 3.63) is 90.0 Å². The van der Waals surface area contributed by atoms with Crippen LogP contribution in [-0.4, -0.2) is 9.55 Å². The highest BCUT2D eigenvalue weighted by Gasteiger charge is 2.39. The molecule has 166 valence electrons. The van der Waals surface area contributed by atoms with Gasteiger partial charge in [0.25, 0.3) is 0 Å². The first-order valence-electron chi connectivity index (χ1n) is 12.3. The summed E-state index contributed by atoms with van der Waals surface area (Å²) in [5, 5.41) is 0. The fourth-order valence-corrected chi connectivity index (χ4v) is 4.95. The van der Waals surface area contributed by atoms with Gasteiger partial charge in [-0.25, -0.2) is 4.98 Å². The average molecular weight is 417 g/mol. The van der Waals surface area contributed by atoms with Crippen LogP contribution in [0.25, 0.3) is 0 Å². The molecule has 0 saturated heterocycles. The third-order valence-corrected chi connectivity index (χ3v) is 6.77. The van der Waals surface area contributed by atoms with Gasteiger partial charge < -0.3 is 4.57 Å². The van der Waals surface area contributed by atoms with Gasteiger partial charge in [-0.1, -0.05) is 114 Å². The van der Waals surface area contributed by atoms with Gasteiger partial charge in [-0.05, 0) is 30.4 Å². The van der Waals surface area contributed by atoms with Gasteiger partial charge in [0.15, 0.2) is 0 Å². The van der Waals surface area contributed by atoms with Crippen LogP contribution < -0.4 is 0 Å². The van der Waals surface area contributed by atoms with Crippen molar-refractivity contribution in [3.63, 3.8) is 0 Å². The number of aromatic nitrogens is 2. The molecule has 0 amide bonds. The van der Waals surface area contributed by atoms with Gasteiger partial charge in [-0.2, -0.15) is 0 Å². The first-order valence-corrected chi connectivity index (χ1v) is 12.3. The van der Waals surface area contributed by atoms with E-state index in [1.165, 1.54) is 61.9 Å². The molecular weight excluding hydrogens is 376 g/mol. The lowest BCUT2D eigenvalue weighted by Gasteiger charge is -2.39. The number of hydrogen-bond acceptors (Lipinski definition) is 1. The molecule has 0 radical (unpaired) electrons. The predicted octanol–water partition coefficient (Wildman–Crippen LogP) is 7.94. The Bertz CT molecular complexity index is 868. The van der Waals surface area contributed by atoms with E-state index in [0.717, 1.165) is 13.0 Å². The molecule has 2 heteroatoms. The molecule has 2 nitrogen and oxygen atoms in total. The highest BCUT2D eigenvalue weighted by molar-refractivity contribution is 5.33. The number of unbranched alkanes of at least 4 members (excludes halogenated alkanes) is 4. The third kappa shape index (κ3) is 6.09. The van der Waals surface area contributed by atoms with Crippen molar-refractivity contribution < 1.29 is 0 Å². The molecule has 0 bridgehead atoms. The molecule has 1 aromatic heterocycles. The van der Waals surface area contributed by atoms with Crippen LogP contribution in [-0.2, 0) is 18.4 Å². The topological polar surface area (TPSA) is 17.8 Å². The Morgan fingerprint density at radius 2 is 1.48 bits per heavy atom. The predicted molar refractivity (Wildman–Crippen MR) is 133 cm³/mol. The minimum Gasteiger partial charge on any atom is -0.335 e. The summed E-state index contributed by atoms with van der Waals surface area (Å²) in [6.45, 7) is 8.11. The van der Waals surface area contributed by atoms with E-state index in [1.807, 2.05) is 6.20 Å². The first-order chi connectivity index (χ1) is 15.2. The van der Waals surface area contributed by atoms with E-state index in [9.17, 15) is 0 Å². The molecule has 0 aliphatic carbocycles. The van der Waals surface area contributed by atoms with Crippen molar-refractivity contribution in [3.8, 4) is 0 Å². The van der Waals surface area contributed by atoms with E-state index in [2.05, 4.69) is 92.2 Å². The monoisotopic (exact) mass is 416 g/mol. The van der Waals surface area contributed by atoms with Crippen molar-refractivity contribution in [1.82, 2.24) is 9.55 Å². The Kier molecular flexibility index (Phi) is 8.94. The molecule has 3 rings (SSSR count). The van der Waals surface area contributed by atoms with E-state index in [4.69, 9.17) is 4.98 Å². The molecule has 31 heavy (non-hydrogen) atoms. The Labute approximate surface area is 189 Å². The number of benzene rings is 2. The Balaban J connectivity index is 2.02. The summed E-state index contributed by atoms with van der Waals surface area (Å²) in [5.41, 5.74) is 2.81. The lowest BCUT2D eigenvalue weighted by molar-refractivity contribution is 0.322. The van der Waals surface area contributed by atoms with Crippen molar-refractivity contribution in [2.75, 3.05) is 0 Å². The molecule has 2 atom stereocenters. The maximum Gasteiger partial charge on any atom is 0.112 e. The number of nitrogens with zero attached hydrogens (tertiary/aromatic N) is 2. The summed E-state index contributed by atoms with van der Waals surface area (Å²) in [6.07, 6.45) is 13.9. The van der Waals surface area contributed by atoms with Gasteiger partial charge in [0, 0.05) is 30.3 Å². The average Bonchev–Trinajstić information content (AvgIpc) is 3.26. The standard InChI is InChI=1S/C29H40N2/c1-4-6-10-20-27(28-30-21-23-31(28)22-15-7-5-2)29(3,26-18-13-9-14-19-26)24-25-16-11-8-12-17-25/h8-9,11-14,16-19,21,23,27H,4-7,10,15,20,22,24H2,1-3H3. The molecule has 0 aliphatic rings. The van der Waals surface area contributed by atoms with E-state index in [0.29, 0.717) is 5.92 Å². The Hall–Kier alpha value is -2.35. The lowest BCUT2D eigenvalue weighted by Crippen LogP contribution is -2.35. The molecule has 3 aromatic rings. The van der Waals surface area contributed by atoms with Gasteiger partial charge in [0.1, 0.15) is 5.82 Å². The summed E-state index contributed by atoms with van der Waals surface area (Å²) in [6, 6.07) is 22.1. The quantitative estimate of drug-likeness (QED) is 0.259. The van der Waals surface area contributed by atoms with Gasteiger partial charge >= 0.3 is 0 Å². The fraction of sp³-hybridized carbons (Fsp3) is 0.483. The van der Waals surface area contributed by atoms with Gasteiger partial charge in [0.05, 0.1) is 0 Å².